The van der Waals surface area contributed by atoms with Crippen LogP contribution in [0.5, 0.6) is 17.2 Å². The molecule has 23 heavy (non-hydrogen) atoms. The van der Waals surface area contributed by atoms with Crippen molar-refractivity contribution in [3.63, 3.8) is 0 Å². The highest BCUT2D eigenvalue weighted by molar-refractivity contribution is 6.03. The Morgan fingerprint density at radius 1 is 1.04 bits per heavy atom. The first kappa shape index (κ1) is 16.4. The third kappa shape index (κ3) is 4.03. The van der Waals surface area contributed by atoms with E-state index in [1.807, 2.05) is 6.07 Å². The molecule has 1 N–H and O–H groups in total. The molecule has 0 bridgehead atoms. The quantitative estimate of drug-likeness (QED) is 0.862. The molecule has 120 valence electrons. The first-order chi connectivity index (χ1) is 11.0. The monoisotopic (exact) mass is 313 g/mol. The normalized spacial score (nSPS) is 10.6. The second-order valence-corrected chi connectivity index (χ2v) is 4.86. The molecule has 5 nitrogen and oxygen atoms in total. The van der Waals surface area contributed by atoms with Crippen LogP contribution in [0.4, 0.5) is 5.69 Å². The molecule has 5 heteroatoms. The molecule has 0 atom stereocenters. The topological polar surface area (TPSA) is 59.0 Å². The van der Waals surface area contributed by atoms with E-state index in [4.69, 9.17) is 9.47 Å². The van der Waals surface area contributed by atoms with Gasteiger partial charge in [0.25, 0.3) is 5.91 Å². The van der Waals surface area contributed by atoms with E-state index in [1.165, 1.54) is 23.1 Å². The van der Waals surface area contributed by atoms with Crippen molar-refractivity contribution in [3.05, 3.63) is 54.1 Å². The summed E-state index contributed by atoms with van der Waals surface area (Å²) in [5.41, 5.74) is 1.53. The van der Waals surface area contributed by atoms with E-state index in [0.717, 1.165) is 5.56 Å². The molecule has 0 heterocycles. The van der Waals surface area contributed by atoms with Crippen molar-refractivity contribution in [2.24, 2.45) is 0 Å². The summed E-state index contributed by atoms with van der Waals surface area (Å²) in [5, 5.41) is 9.28. The summed E-state index contributed by atoms with van der Waals surface area (Å²) in [6, 6.07) is 11.9. The van der Waals surface area contributed by atoms with Crippen molar-refractivity contribution in [3.8, 4) is 17.2 Å². The number of carbonyl (C=O) groups is 1. The molecule has 2 aromatic carbocycles. The summed E-state index contributed by atoms with van der Waals surface area (Å²) in [6.45, 7) is 0. The molecular formula is C18H19NO4. The zero-order valence-corrected chi connectivity index (χ0v) is 13.3. The smallest absolute Gasteiger partial charge is 0.250 e. The Bertz CT molecular complexity index is 707. The summed E-state index contributed by atoms with van der Waals surface area (Å²) < 4.78 is 10.4. The number of phenolic OH excluding ortho intramolecular Hbond substituents is 1. The number of carbonyl (C=O) groups excluding carboxylic acids is 1. The molecule has 0 spiro atoms. The van der Waals surface area contributed by atoms with Crippen LogP contribution >= 0.6 is 0 Å². The van der Waals surface area contributed by atoms with Gasteiger partial charge in [0.05, 0.1) is 14.2 Å². The molecule has 0 aliphatic carbocycles. The average Bonchev–Trinajstić information content (AvgIpc) is 2.59. The van der Waals surface area contributed by atoms with Gasteiger partial charge in [-0.3, -0.25) is 4.79 Å². The zero-order valence-electron chi connectivity index (χ0n) is 13.3. The summed E-state index contributed by atoms with van der Waals surface area (Å²) in [4.78, 5) is 13.7. The van der Waals surface area contributed by atoms with Crippen LogP contribution in [-0.2, 0) is 4.79 Å². The summed E-state index contributed by atoms with van der Waals surface area (Å²) in [5.74, 6) is 1.23. The third-order valence-corrected chi connectivity index (χ3v) is 3.39. The number of rotatable bonds is 5. The van der Waals surface area contributed by atoms with Crippen molar-refractivity contribution >= 4 is 17.7 Å². The fourth-order valence-corrected chi connectivity index (χ4v) is 2.04. The maximum absolute atomic E-state index is 12.2. The predicted octanol–water partition coefficient (Wildman–Crippen LogP) is 3.09. The maximum Gasteiger partial charge on any atom is 0.250 e. The average molecular weight is 313 g/mol. The number of likely N-dealkylation sites (N-methyl/N-ethyl adjacent to an activating group) is 1. The Kier molecular flexibility index (Phi) is 5.25. The van der Waals surface area contributed by atoms with Crippen molar-refractivity contribution < 1.29 is 19.4 Å². The minimum absolute atomic E-state index is 0.162. The van der Waals surface area contributed by atoms with Gasteiger partial charge < -0.3 is 19.5 Å². The standard InChI is InChI=1S/C18H19NO4/c1-19(14-6-8-15(20)9-7-14)18(21)11-5-13-4-10-16(22-2)17(12-13)23-3/h4-12,20H,1-3H3/b11-5+. The van der Waals surface area contributed by atoms with Crippen LogP contribution in [0.1, 0.15) is 5.56 Å². The molecule has 0 radical (unpaired) electrons. The lowest BCUT2D eigenvalue weighted by molar-refractivity contribution is -0.113. The number of aromatic hydroxyl groups is 1. The SMILES string of the molecule is COc1ccc(/C=C/C(=O)N(C)c2ccc(O)cc2)cc1OC. The van der Waals surface area contributed by atoms with Crippen molar-refractivity contribution in [1.29, 1.82) is 0 Å². The van der Waals surface area contributed by atoms with Crippen molar-refractivity contribution in [1.82, 2.24) is 0 Å². The lowest BCUT2D eigenvalue weighted by Crippen LogP contribution is -2.23. The number of amides is 1. The van der Waals surface area contributed by atoms with Crippen molar-refractivity contribution in [2.75, 3.05) is 26.2 Å². The Hall–Kier alpha value is -2.95. The fourth-order valence-electron chi connectivity index (χ4n) is 2.04. The van der Waals surface area contributed by atoms with Crippen LogP contribution in [-0.4, -0.2) is 32.3 Å². The molecule has 0 unspecified atom stereocenters. The van der Waals surface area contributed by atoms with Crippen LogP contribution in [0.2, 0.25) is 0 Å². The summed E-state index contributed by atoms with van der Waals surface area (Å²) in [7, 11) is 4.81. The van der Waals surface area contributed by atoms with Crippen LogP contribution < -0.4 is 14.4 Å². The molecule has 2 aromatic rings. The maximum atomic E-state index is 12.2. The van der Waals surface area contributed by atoms with Gasteiger partial charge in [0, 0.05) is 18.8 Å². The molecule has 0 saturated heterocycles. The number of methoxy groups -OCH3 is 2. The molecule has 0 aliphatic heterocycles. The molecular weight excluding hydrogens is 294 g/mol. The van der Waals surface area contributed by atoms with Gasteiger partial charge >= 0.3 is 0 Å². The van der Waals surface area contributed by atoms with Gasteiger partial charge in [0.1, 0.15) is 5.75 Å². The largest absolute Gasteiger partial charge is 0.508 e. The molecule has 1 amide bonds. The number of anilines is 1. The van der Waals surface area contributed by atoms with E-state index < -0.39 is 0 Å². The van der Waals surface area contributed by atoms with Crippen molar-refractivity contribution in [2.45, 2.75) is 0 Å². The summed E-state index contributed by atoms with van der Waals surface area (Å²) >= 11 is 0. The van der Waals surface area contributed by atoms with Crippen LogP contribution in [0, 0.1) is 0 Å². The van der Waals surface area contributed by atoms with Crippen LogP contribution in [0.25, 0.3) is 6.08 Å². The van der Waals surface area contributed by atoms with E-state index in [9.17, 15) is 9.90 Å². The van der Waals surface area contributed by atoms with Gasteiger partial charge in [-0.25, -0.2) is 0 Å². The number of phenols is 1. The minimum atomic E-state index is -0.175. The Morgan fingerprint density at radius 3 is 2.30 bits per heavy atom. The van der Waals surface area contributed by atoms with Gasteiger partial charge in [-0.05, 0) is 48.0 Å². The third-order valence-electron chi connectivity index (χ3n) is 3.39. The first-order valence-corrected chi connectivity index (χ1v) is 7.02. The second-order valence-electron chi connectivity index (χ2n) is 4.86. The number of ether oxygens (including phenoxy) is 2. The Balaban J connectivity index is 2.12. The minimum Gasteiger partial charge on any atom is -0.508 e. The van der Waals surface area contributed by atoms with Gasteiger partial charge in [0.2, 0.25) is 0 Å². The molecule has 0 saturated carbocycles. The molecule has 0 aromatic heterocycles. The highest BCUT2D eigenvalue weighted by Gasteiger charge is 2.08. The number of benzene rings is 2. The number of nitrogens with zero attached hydrogens (tertiary/aromatic N) is 1. The van der Waals surface area contributed by atoms with Gasteiger partial charge in [-0.1, -0.05) is 6.07 Å². The second kappa shape index (κ2) is 7.35. The van der Waals surface area contributed by atoms with Crippen LogP contribution in [0.15, 0.2) is 48.5 Å². The molecule has 0 aliphatic rings. The van der Waals surface area contributed by atoms with E-state index in [1.54, 1.807) is 51.6 Å². The predicted molar refractivity (Wildman–Crippen MR) is 90.1 cm³/mol. The molecule has 2 rings (SSSR count). The number of hydrogen-bond acceptors (Lipinski definition) is 4. The number of hydrogen-bond donors (Lipinski definition) is 1. The van der Waals surface area contributed by atoms with Gasteiger partial charge in [-0.2, -0.15) is 0 Å². The van der Waals surface area contributed by atoms with E-state index >= 15 is 0 Å². The van der Waals surface area contributed by atoms with E-state index in [2.05, 4.69) is 0 Å². The lowest BCUT2D eigenvalue weighted by atomic mass is 10.2. The van der Waals surface area contributed by atoms with E-state index in [0.29, 0.717) is 17.2 Å². The Morgan fingerprint density at radius 2 is 1.70 bits per heavy atom. The highest BCUT2D eigenvalue weighted by Crippen LogP contribution is 2.28. The van der Waals surface area contributed by atoms with Gasteiger partial charge in [-0.15, -0.1) is 0 Å². The lowest BCUT2D eigenvalue weighted by Gasteiger charge is -2.15. The zero-order chi connectivity index (χ0) is 16.8. The summed E-state index contributed by atoms with van der Waals surface area (Å²) in [6.07, 6.45) is 3.19. The Labute approximate surface area is 135 Å². The van der Waals surface area contributed by atoms with Gasteiger partial charge in [0.15, 0.2) is 11.5 Å². The fraction of sp³-hybridized carbons (Fsp3) is 0.167. The van der Waals surface area contributed by atoms with Crippen LogP contribution in [0.3, 0.4) is 0 Å². The van der Waals surface area contributed by atoms with E-state index in [-0.39, 0.29) is 11.7 Å². The molecule has 0 fully saturated rings. The first-order valence-electron chi connectivity index (χ1n) is 7.02. The highest BCUT2D eigenvalue weighted by atomic mass is 16.5.